The van der Waals surface area contributed by atoms with E-state index in [0.29, 0.717) is 6.54 Å². The minimum Gasteiger partial charge on any atom is -0.335 e. The molecule has 4 nitrogen and oxygen atoms in total. The molecule has 0 radical (unpaired) electrons. The largest absolute Gasteiger partial charge is 0.335 e. The number of carbonyl (C=O) groups excluding carboxylic acids is 1. The van der Waals surface area contributed by atoms with Gasteiger partial charge in [-0.1, -0.05) is 19.9 Å². The van der Waals surface area contributed by atoms with Crippen molar-refractivity contribution in [3.05, 3.63) is 22.4 Å². The molecule has 19 heavy (non-hydrogen) atoms. The quantitative estimate of drug-likeness (QED) is 0.791. The minimum absolute atomic E-state index is 0.0283. The fraction of sp³-hybridized carbons (Fsp3) is 0.643. The molecule has 108 valence electrons. The topological polar surface area (TPSA) is 49.6 Å². The van der Waals surface area contributed by atoms with Crippen LogP contribution in [0.5, 0.6) is 0 Å². The molecule has 1 atom stereocenters. The molecule has 0 aromatic carbocycles. The Hall–Kier alpha value is -0.910. The number of nitrogens with two attached hydrogens (primary N) is 1. The van der Waals surface area contributed by atoms with Crippen LogP contribution in [0.15, 0.2) is 17.5 Å². The van der Waals surface area contributed by atoms with Crippen molar-refractivity contribution in [3.8, 4) is 0 Å². The van der Waals surface area contributed by atoms with Gasteiger partial charge in [0.15, 0.2) is 0 Å². The van der Waals surface area contributed by atoms with Crippen LogP contribution >= 0.6 is 11.3 Å². The molecule has 0 saturated carbocycles. The normalized spacial score (nSPS) is 12.7. The molecule has 1 aromatic heterocycles. The maximum atomic E-state index is 12.1. The molecule has 1 aromatic rings. The summed E-state index contributed by atoms with van der Waals surface area (Å²) in [7, 11) is 0. The first-order valence-corrected chi connectivity index (χ1v) is 7.75. The zero-order chi connectivity index (χ0) is 14.3. The summed E-state index contributed by atoms with van der Waals surface area (Å²) in [6.07, 6.45) is 0. The molecule has 0 bridgehead atoms. The molecular weight excluding hydrogens is 258 g/mol. The lowest BCUT2D eigenvalue weighted by Crippen LogP contribution is -2.44. The van der Waals surface area contributed by atoms with Crippen molar-refractivity contribution in [1.29, 1.82) is 0 Å². The lowest BCUT2D eigenvalue weighted by Gasteiger charge is -2.27. The third-order valence-electron chi connectivity index (χ3n) is 3.21. The highest BCUT2D eigenvalue weighted by molar-refractivity contribution is 7.09. The van der Waals surface area contributed by atoms with Crippen molar-refractivity contribution in [2.75, 3.05) is 26.2 Å². The molecule has 0 saturated heterocycles. The lowest BCUT2D eigenvalue weighted by molar-refractivity contribution is -0.133. The smallest absolute Gasteiger partial charge is 0.239 e. The van der Waals surface area contributed by atoms with Gasteiger partial charge in [-0.15, -0.1) is 11.3 Å². The highest BCUT2D eigenvalue weighted by Crippen LogP contribution is 2.12. The highest BCUT2D eigenvalue weighted by Gasteiger charge is 2.18. The second-order valence-corrected chi connectivity index (χ2v) is 5.69. The van der Waals surface area contributed by atoms with E-state index < -0.39 is 6.04 Å². The van der Waals surface area contributed by atoms with Gasteiger partial charge in [-0.3, -0.25) is 4.79 Å². The van der Waals surface area contributed by atoms with Crippen LogP contribution in [-0.2, 0) is 11.3 Å². The Labute approximate surface area is 120 Å². The minimum atomic E-state index is -0.434. The summed E-state index contributed by atoms with van der Waals surface area (Å²) in [6, 6.07) is 3.64. The number of thiophene rings is 1. The number of hydrogen-bond acceptors (Lipinski definition) is 4. The Bertz CT molecular complexity index is 361. The predicted molar refractivity (Wildman–Crippen MR) is 81.2 cm³/mol. The van der Waals surface area contributed by atoms with E-state index in [1.165, 1.54) is 4.88 Å². The summed E-state index contributed by atoms with van der Waals surface area (Å²) in [5.74, 6) is 0.0283. The van der Waals surface area contributed by atoms with E-state index in [-0.39, 0.29) is 5.91 Å². The van der Waals surface area contributed by atoms with Gasteiger partial charge in [0.2, 0.25) is 5.91 Å². The number of rotatable bonds is 8. The van der Waals surface area contributed by atoms with Gasteiger partial charge in [-0.2, -0.15) is 0 Å². The predicted octanol–water partition coefficient (Wildman–Crippen LogP) is 1.77. The second kappa shape index (κ2) is 8.30. The SMILES string of the molecule is CCN(CC)CCN(Cc1cccs1)C(=O)C(C)N. The van der Waals surface area contributed by atoms with Crippen molar-refractivity contribution < 1.29 is 4.79 Å². The van der Waals surface area contributed by atoms with Crippen LogP contribution < -0.4 is 5.73 Å². The van der Waals surface area contributed by atoms with E-state index in [2.05, 4.69) is 24.8 Å². The summed E-state index contributed by atoms with van der Waals surface area (Å²) in [6.45, 7) is 10.4. The van der Waals surface area contributed by atoms with Crippen LogP contribution in [0.1, 0.15) is 25.6 Å². The van der Waals surface area contributed by atoms with Crippen LogP contribution in [-0.4, -0.2) is 47.9 Å². The average molecular weight is 283 g/mol. The third-order valence-corrected chi connectivity index (χ3v) is 4.07. The van der Waals surface area contributed by atoms with E-state index in [4.69, 9.17) is 5.73 Å². The molecule has 0 aliphatic carbocycles. The molecule has 0 aliphatic heterocycles. The Morgan fingerprint density at radius 3 is 2.53 bits per heavy atom. The second-order valence-electron chi connectivity index (χ2n) is 4.65. The lowest BCUT2D eigenvalue weighted by atomic mass is 10.3. The van der Waals surface area contributed by atoms with Gasteiger partial charge in [0, 0.05) is 18.0 Å². The van der Waals surface area contributed by atoms with Gasteiger partial charge in [-0.25, -0.2) is 0 Å². The van der Waals surface area contributed by atoms with Gasteiger partial charge < -0.3 is 15.5 Å². The van der Waals surface area contributed by atoms with E-state index in [9.17, 15) is 4.79 Å². The maximum Gasteiger partial charge on any atom is 0.239 e. The number of nitrogens with zero attached hydrogens (tertiary/aromatic N) is 2. The van der Waals surface area contributed by atoms with Gasteiger partial charge in [0.25, 0.3) is 0 Å². The molecule has 1 heterocycles. The first-order valence-electron chi connectivity index (χ1n) is 6.87. The Morgan fingerprint density at radius 2 is 2.05 bits per heavy atom. The number of hydrogen-bond donors (Lipinski definition) is 1. The van der Waals surface area contributed by atoms with Crippen LogP contribution in [0.4, 0.5) is 0 Å². The number of carbonyl (C=O) groups is 1. The molecule has 1 unspecified atom stereocenters. The zero-order valence-electron chi connectivity index (χ0n) is 12.1. The maximum absolute atomic E-state index is 12.1. The summed E-state index contributed by atoms with van der Waals surface area (Å²) in [4.78, 5) is 17.5. The zero-order valence-corrected chi connectivity index (χ0v) is 12.9. The van der Waals surface area contributed by atoms with Gasteiger partial charge >= 0.3 is 0 Å². The summed E-state index contributed by atoms with van der Waals surface area (Å²) < 4.78 is 0. The number of likely N-dealkylation sites (N-methyl/N-ethyl adjacent to an activating group) is 1. The fourth-order valence-corrected chi connectivity index (χ4v) is 2.67. The van der Waals surface area contributed by atoms with Crippen molar-refractivity contribution in [2.45, 2.75) is 33.4 Å². The average Bonchev–Trinajstić information content (AvgIpc) is 2.90. The first kappa shape index (κ1) is 16.1. The summed E-state index contributed by atoms with van der Waals surface area (Å²) in [5, 5.41) is 2.04. The Balaban J connectivity index is 2.61. The highest BCUT2D eigenvalue weighted by atomic mass is 32.1. The Kier molecular flexibility index (Phi) is 7.05. The van der Waals surface area contributed by atoms with Gasteiger partial charge in [-0.05, 0) is 31.5 Å². The van der Waals surface area contributed by atoms with Gasteiger partial charge in [0.05, 0.1) is 12.6 Å². The van der Waals surface area contributed by atoms with Crippen LogP contribution in [0.2, 0.25) is 0 Å². The summed E-state index contributed by atoms with van der Waals surface area (Å²) in [5.41, 5.74) is 5.74. The molecule has 0 fully saturated rings. The van der Waals surface area contributed by atoms with Crippen molar-refractivity contribution >= 4 is 17.2 Å². The molecule has 1 amide bonds. The van der Waals surface area contributed by atoms with Crippen LogP contribution in [0.25, 0.3) is 0 Å². The molecular formula is C14H25N3OS. The third kappa shape index (κ3) is 5.30. The molecule has 0 aliphatic rings. The first-order chi connectivity index (χ1) is 9.08. The standard InChI is InChI=1S/C14H25N3OS/c1-4-16(5-2)8-9-17(14(18)12(3)15)11-13-7-6-10-19-13/h6-7,10,12H,4-5,8-9,11,15H2,1-3H3. The van der Waals surface area contributed by atoms with E-state index >= 15 is 0 Å². The van der Waals surface area contributed by atoms with Gasteiger partial charge in [0.1, 0.15) is 0 Å². The Morgan fingerprint density at radius 1 is 1.37 bits per heavy atom. The van der Waals surface area contributed by atoms with Crippen molar-refractivity contribution in [2.24, 2.45) is 5.73 Å². The van der Waals surface area contributed by atoms with Crippen molar-refractivity contribution in [1.82, 2.24) is 9.80 Å². The van der Waals surface area contributed by atoms with Crippen LogP contribution in [0.3, 0.4) is 0 Å². The van der Waals surface area contributed by atoms with E-state index in [1.807, 2.05) is 16.3 Å². The monoisotopic (exact) mass is 283 g/mol. The van der Waals surface area contributed by atoms with E-state index in [0.717, 1.165) is 26.2 Å². The van der Waals surface area contributed by atoms with Crippen molar-refractivity contribution in [3.63, 3.8) is 0 Å². The summed E-state index contributed by atoms with van der Waals surface area (Å²) >= 11 is 1.68. The number of amides is 1. The molecule has 0 spiro atoms. The molecule has 5 heteroatoms. The van der Waals surface area contributed by atoms with Crippen LogP contribution in [0, 0.1) is 0 Å². The van der Waals surface area contributed by atoms with E-state index in [1.54, 1.807) is 18.3 Å². The fourth-order valence-electron chi connectivity index (χ4n) is 1.95. The molecule has 1 rings (SSSR count). The molecule has 2 N–H and O–H groups in total.